The summed E-state index contributed by atoms with van der Waals surface area (Å²) in [7, 11) is 3.25. The van der Waals surface area contributed by atoms with Gasteiger partial charge in [0.15, 0.2) is 0 Å². The van der Waals surface area contributed by atoms with Gasteiger partial charge in [-0.15, -0.1) is 0 Å². The molecule has 0 fully saturated rings. The number of nitrogens with zero attached hydrogens (tertiary/aromatic N) is 3. The van der Waals surface area contributed by atoms with Crippen LogP contribution in [0.5, 0.6) is 5.75 Å². The molecule has 1 aromatic heterocycles. The lowest BCUT2D eigenvalue weighted by molar-refractivity contribution is -0.384. The number of anilines is 1. The molecule has 10 heteroatoms. The molecule has 0 saturated heterocycles. The smallest absolute Gasteiger partial charge is 0.416 e. The fraction of sp³-hybridized carbons (Fsp3) is 0.211. The third-order valence-corrected chi connectivity index (χ3v) is 4.37. The van der Waals surface area contributed by atoms with Gasteiger partial charge in [-0.3, -0.25) is 10.1 Å². The van der Waals surface area contributed by atoms with Crippen molar-refractivity contribution in [2.45, 2.75) is 12.2 Å². The van der Waals surface area contributed by atoms with Crippen LogP contribution in [0.2, 0.25) is 0 Å². The number of methoxy groups -OCH3 is 1. The topological polar surface area (TPSA) is 82.2 Å². The molecule has 1 heterocycles. The Hall–Kier alpha value is -3.56. The minimum atomic E-state index is -4.69. The number of ether oxygens (including phenoxy) is 1. The minimum absolute atomic E-state index is 0.0566. The predicted molar refractivity (Wildman–Crippen MR) is 99.8 cm³/mol. The molecule has 2 aromatic carbocycles. The summed E-state index contributed by atoms with van der Waals surface area (Å²) >= 11 is 0. The second-order valence-electron chi connectivity index (χ2n) is 6.24. The Morgan fingerprint density at radius 3 is 2.59 bits per heavy atom. The lowest BCUT2D eigenvalue weighted by Gasteiger charge is -2.21. The molecule has 0 unspecified atom stereocenters. The summed E-state index contributed by atoms with van der Waals surface area (Å²) in [5.74, 6) is 1.08. The fourth-order valence-electron chi connectivity index (χ4n) is 2.91. The van der Waals surface area contributed by atoms with Gasteiger partial charge < -0.3 is 14.6 Å². The highest BCUT2D eigenvalue weighted by Gasteiger charge is 2.33. The van der Waals surface area contributed by atoms with Crippen LogP contribution < -0.4 is 10.1 Å². The molecule has 0 bridgehead atoms. The number of hydrogen-bond donors (Lipinski definition) is 1. The van der Waals surface area contributed by atoms with Crippen LogP contribution in [0, 0.1) is 10.1 Å². The number of aryl methyl sites for hydroxylation is 1. The summed E-state index contributed by atoms with van der Waals surface area (Å²) in [6, 6.07) is 8.68. The van der Waals surface area contributed by atoms with E-state index >= 15 is 0 Å². The first kappa shape index (κ1) is 20.2. The van der Waals surface area contributed by atoms with Crippen LogP contribution in [0.4, 0.5) is 24.5 Å². The van der Waals surface area contributed by atoms with Crippen molar-refractivity contribution in [3.8, 4) is 5.75 Å². The van der Waals surface area contributed by atoms with Gasteiger partial charge in [-0.1, -0.05) is 12.1 Å². The first-order valence-electron chi connectivity index (χ1n) is 8.44. The highest BCUT2D eigenvalue weighted by Crippen LogP contribution is 2.37. The quantitative estimate of drug-likeness (QED) is 0.479. The van der Waals surface area contributed by atoms with Crippen molar-refractivity contribution < 1.29 is 22.8 Å². The first-order chi connectivity index (χ1) is 13.7. The molecular formula is C19H17F3N4O3. The van der Waals surface area contributed by atoms with Crippen molar-refractivity contribution in [1.29, 1.82) is 0 Å². The van der Waals surface area contributed by atoms with E-state index in [0.717, 1.165) is 12.1 Å². The Balaban J connectivity index is 2.09. The van der Waals surface area contributed by atoms with Crippen LogP contribution in [0.1, 0.15) is 23.0 Å². The number of hydrogen-bond acceptors (Lipinski definition) is 5. The Kier molecular flexibility index (Phi) is 5.44. The van der Waals surface area contributed by atoms with E-state index < -0.39 is 28.4 Å². The van der Waals surface area contributed by atoms with Crippen molar-refractivity contribution in [2.24, 2.45) is 7.05 Å². The van der Waals surface area contributed by atoms with Gasteiger partial charge in [0.05, 0.1) is 17.6 Å². The maximum absolute atomic E-state index is 13.0. The van der Waals surface area contributed by atoms with Crippen LogP contribution in [0.15, 0.2) is 54.9 Å². The molecule has 0 aliphatic heterocycles. The van der Waals surface area contributed by atoms with E-state index in [4.69, 9.17) is 4.74 Å². The fourth-order valence-corrected chi connectivity index (χ4v) is 2.91. The van der Waals surface area contributed by atoms with Gasteiger partial charge >= 0.3 is 6.18 Å². The van der Waals surface area contributed by atoms with Gasteiger partial charge in [0.25, 0.3) is 5.69 Å². The molecule has 3 rings (SSSR count). The minimum Gasteiger partial charge on any atom is -0.497 e. The van der Waals surface area contributed by atoms with E-state index in [2.05, 4.69) is 10.3 Å². The molecule has 1 atom stereocenters. The monoisotopic (exact) mass is 406 g/mol. The van der Waals surface area contributed by atoms with Crippen molar-refractivity contribution >= 4 is 11.4 Å². The van der Waals surface area contributed by atoms with E-state index in [9.17, 15) is 23.3 Å². The van der Waals surface area contributed by atoms with Gasteiger partial charge in [0, 0.05) is 25.5 Å². The van der Waals surface area contributed by atoms with Gasteiger partial charge in [-0.05, 0) is 29.8 Å². The third kappa shape index (κ3) is 4.31. The van der Waals surface area contributed by atoms with E-state index in [0.29, 0.717) is 23.2 Å². The Bertz CT molecular complexity index is 1030. The average molecular weight is 406 g/mol. The van der Waals surface area contributed by atoms with Crippen LogP contribution in [-0.4, -0.2) is 21.6 Å². The van der Waals surface area contributed by atoms with E-state index in [1.165, 1.54) is 7.11 Å². The number of halogens is 3. The molecule has 7 nitrogen and oxygen atoms in total. The molecule has 0 saturated carbocycles. The van der Waals surface area contributed by atoms with Gasteiger partial charge in [0.1, 0.15) is 23.3 Å². The number of rotatable bonds is 6. The summed E-state index contributed by atoms with van der Waals surface area (Å²) in [6.07, 6.45) is -1.42. The maximum atomic E-state index is 13.0. The molecule has 1 N–H and O–H groups in total. The van der Waals surface area contributed by atoms with Crippen LogP contribution in [0.25, 0.3) is 0 Å². The highest BCUT2D eigenvalue weighted by molar-refractivity contribution is 5.64. The van der Waals surface area contributed by atoms with E-state index in [1.807, 2.05) is 0 Å². The van der Waals surface area contributed by atoms with Crippen LogP contribution in [0.3, 0.4) is 0 Å². The van der Waals surface area contributed by atoms with Crippen molar-refractivity contribution in [1.82, 2.24) is 9.55 Å². The number of aromatic nitrogens is 2. The van der Waals surface area contributed by atoms with Crippen molar-refractivity contribution in [3.63, 3.8) is 0 Å². The number of nitrogens with one attached hydrogen (secondary N) is 1. The molecule has 0 amide bonds. The van der Waals surface area contributed by atoms with Crippen molar-refractivity contribution in [2.75, 3.05) is 12.4 Å². The van der Waals surface area contributed by atoms with E-state index in [-0.39, 0.29) is 5.69 Å². The summed E-state index contributed by atoms with van der Waals surface area (Å²) in [5, 5.41) is 14.4. The molecule has 29 heavy (non-hydrogen) atoms. The Labute approximate surface area is 163 Å². The van der Waals surface area contributed by atoms with Crippen LogP contribution in [-0.2, 0) is 13.2 Å². The van der Waals surface area contributed by atoms with Crippen molar-refractivity contribution in [3.05, 3.63) is 81.9 Å². The van der Waals surface area contributed by atoms with E-state index in [1.54, 1.807) is 48.3 Å². The zero-order valence-corrected chi connectivity index (χ0v) is 15.5. The summed E-state index contributed by atoms with van der Waals surface area (Å²) < 4.78 is 45.9. The lowest BCUT2D eigenvalue weighted by atomic mass is 10.0. The second-order valence-corrected chi connectivity index (χ2v) is 6.24. The third-order valence-electron chi connectivity index (χ3n) is 4.37. The Morgan fingerprint density at radius 2 is 2.00 bits per heavy atom. The predicted octanol–water partition coefficient (Wildman–Crippen LogP) is 4.56. The molecule has 0 radical (unpaired) electrons. The molecular weight excluding hydrogens is 389 g/mol. The largest absolute Gasteiger partial charge is 0.497 e. The molecule has 3 aromatic rings. The number of alkyl halides is 3. The second kappa shape index (κ2) is 7.82. The van der Waals surface area contributed by atoms with Gasteiger partial charge in [-0.25, -0.2) is 4.98 Å². The van der Waals surface area contributed by atoms with Gasteiger partial charge in [-0.2, -0.15) is 13.2 Å². The maximum Gasteiger partial charge on any atom is 0.416 e. The summed E-state index contributed by atoms with van der Waals surface area (Å²) in [5.41, 5.74) is -1.15. The summed E-state index contributed by atoms with van der Waals surface area (Å²) in [6.45, 7) is 0. The normalized spacial score (nSPS) is 12.4. The SMILES string of the molecule is COc1cccc([C@@H](Nc2ccc(C(F)(F)F)cc2[N+](=O)[O-])c2nccn2C)c1. The molecule has 152 valence electrons. The molecule has 0 aliphatic carbocycles. The lowest BCUT2D eigenvalue weighted by Crippen LogP contribution is -2.18. The van der Waals surface area contributed by atoms with Gasteiger partial charge in [0.2, 0.25) is 0 Å². The number of imidazole rings is 1. The zero-order chi connectivity index (χ0) is 21.2. The van der Waals surface area contributed by atoms with Crippen LogP contribution >= 0.6 is 0 Å². The summed E-state index contributed by atoms with van der Waals surface area (Å²) in [4.78, 5) is 14.9. The highest BCUT2D eigenvalue weighted by atomic mass is 19.4. The Morgan fingerprint density at radius 1 is 1.24 bits per heavy atom. The number of benzene rings is 2. The average Bonchev–Trinajstić information content (AvgIpc) is 3.10. The first-order valence-corrected chi connectivity index (χ1v) is 8.44. The number of nitro groups is 1. The molecule has 0 spiro atoms. The number of nitro benzene ring substituents is 1. The molecule has 0 aliphatic rings. The standard InChI is InChI=1S/C19H17F3N4O3/c1-25-9-8-23-18(25)17(12-4-3-5-14(10-12)29-2)24-15-7-6-13(19(20,21)22)11-16(15)26(27)28/h3-11,17,24H,1-2H3/t17-/m1/s1. The zero-order valence-electron chi connectivity index (χ0n) is 15.5.